The Balaban J connectivity index is 4.27. The summed E-state index contributed by atoms with van der Waals surface area (Å²) >= 11 is 17.5. The Bertz CT molecular complexity index is 372. The van der Waals surface area contributed by atoms with Crippen LogP contribution in [-0.2, 0) is 0 Å². The molecule has 1 nitrogen and oxygen atoms in total. The molecule has 0 radical (unpaired) electrons. The Labute approximate surface area is 118 Å². The fourth-order valence-corrected chi connectivity index (χ4v) is 1.35. The molecule has 0 bridgehead atoms. The van der Waals surface area contributed by atoms with Crippen LogP contribution in [-0.4, -0.2) is 0 Å². The summed E-state index contributed by atoms with van der Waals surface area (Å²) in [4.78, 5) is 0. The predicted molar refractivity (Wildman–Crippen MR) is 79.2 cm³/mol. The summed E-state index contributed by atoms with van der Waals surface area (Å²) in [6.07, 6.45) is 10.0. The molecule has 0 amide bonds. The standard InChI is InChI=1S/C13H16Cl3N/c1-3-5-12(15)13(16)7-4-6-11(17)9-8-10(2)14/h3,5,7-9H,1,4,6,17H2,2H3/b10-8+,11-9-,12-5+,13-7+. The Morgan fingerprint density at radius 3 is 2.29 bits per heavy atom. The van der Waals surface area contributed by atoms with E-state index in [-0.39, 0.29) is 0 Å². The average Bonchev–Trinajstić information content (AvgIpc) is 2.26. The second-order valence-electron chi connectivity index (χ2n) is 3.34. The monoisotopic (exact) mass is 291 g/mol. The van der Waals surface area contributed by atoms with E-state index in [0.717, 1.165) is 12.1 Å². The van der Waals surface area contributed by atoms with Gasteiger partial charge in [0.25, 0.3) is 0 Å². The van der Waals surface area contributed by atoms with Crippen molar-refractivity contribution in [1.29, 1.82) is 0 Å². The van der Waals surface area contributed by atoms with E-state index in [2.05, 4.69) is 6.58 Å². The van der Waals surface area contributed by atoms with Crippen molar-refractivity contribution in [3.8, 4) is 0 Å². The van der Waals surface area contributed by atoms with Gasteiger partial charge in [0.05, 0.1) is 10.1 Å². The highest BCUT2D eigenvalue weighted by Gasteiger charge is 1.96. The van der Waals surface area contributed by atoms with Crippen molar-refractivity contribution in [2.75, 3.05) is 0 Å². The zero-order chi connectivity index (χ0) is 13.3. The smallest absolute Gasteiger partial charge is 0.0588 e. The van der Waals surface area contributed by atoms with Gasteiger partial charge in [-0.25, -0.2) is 0 Å². The number of hydrogen-bond donors (Lipinski definition) is 1. The van der Waals surface area contributed by atoms with Gasteiger partial charge in [-0.3, -0.25) is 0 Å². The largest absolute Gasteiger partial charge is 0.402 e. The maximum absolute atomic E-state index is 5.94. The zero-order valence-corrected chi connectivity index (χ0v) is 12.0. The normalized spacial score (nSPS) is 15.1. The van der Waals surface area contributed by atoms with Crippen molar-refractivity contribution >= 4 is 34.8 Å². The summed E-state index contributed by atoms with van der Waals surface area (Å²) in [5.41, 5.74) is 6.51. The molecule has 0 aromatic heterocycles. The van der Waals surface area contributed by atoms with Crippen molar-refractivity contribution in [3.05, 3.63) is 57.8 Å². The minimum atomic E-state index is 0.473. The second-order valence-corrected chi connectivity index (χ2v) is 4.75. The first-order valence-electron chi connectivity index (χ1n) is 5.10. The molecule has 94 valence electrons. The van der Waals surface area contributed by atoms with Crippen LogP contribution >= 0.6 is 34.8 Å². The Kier molecular flexibility index (Phi) is 9.06. The third kappa shape index (κ3) is 9.11. The predicted octanol–water partition coefficient (Wildman–Crippen LogP) is 5.18. The van der Waals surface area contributed by atoms with Gasteiger partial charge < -0.3 is 5.73 Å². The minimum Gasteiger partial charge on any atom is -0.402 e. The molecule has 2 N–H and O–H groups in total. The number of hydrogen-bond acceptors (Lipinski definition) is 1. The fraction of sp³-hybridized carbons (Fsp3) is 0.231. The van der Waals surface area contributed by atoms with E-state index in [1.165, 1.54) is 0 Å². The van der Waals surface area contributed by atoms with Gasteiger partial charge in [-0.1, -0.05) is 53.5 Å². The van der Waals surface area contributed by atoms with E-state index in [4.69, 9.17) is 40.5 Å². The van der Waals surface area contributed by atoms with Crippen LogP contribution in [0.2, 0.25) is 0 Å². The lowest BCUT2D eigenvalue weighted by Gasteiger charge is -1.98. The van der Waals surface area contributed by atoms with E-state index in [1.54, 1.807) is 31.2 Å². The van der Waals surface area contributed by atoms with Gasteiger partial charge in [-0.15, -0.1) is 0 Å². The molecular weight excluding hydrogens is 277 g/mol. The number of nitrogens with two attached hydrogens (primary N) is 1. The molecule has 0 unspecified atom stereocenters. The van der Waals surface area contributed by atoms with Crippen LogP contribution in [0.25, 0.3) is 0 Å². The van der Waals surface area contributed by atoms with Crippen LogP contribution < -0.4 is 5.73 Å². The topological polar surface area (TPSA) is 26.0 Å². The maximum atomic E-state index is 5.94. The number of allylic oxidation sites excluding steroid dienone is 9. The van der Waals surface area contributed by atoms with E-state index in [1.807, 2.05) is 6.08 Å². The maximum Gasteiger partial charge on any atom is 0.0588 e. The summed E-state index contributed by atoms with van der Waals surface area (Å²) in [6.45, 7) is 5.33. The van der Waals surface area contributed by atoms with Crippen molar-refractivity contribution in [2.45, 2.75) is 19.8 Å². The second kappa shape index (κ2) is 9.41. The summed E-state index contributed by atoms with van der Waals surface area (Å²) in [7, 11) is 0. The van der Waals surface area contributed by atoms with E-state index < -0.39 is 0 Å². The number of halogens is 3. The van der Waals surface area contributed by atoms with Gasteiger partial charge in [-0.2, -0.15) is 0 Å². The van der Waals surface area contributed by atoms with Crippen molar-refractivity contribution in [3.63, 3.8) is 0 Å². The van der Waals surface area contributed by atoms with Crippen LogP contribution in [0.1, 0.15) is 19.8 Å². The van der Waals surface area contributed by atoms with Crippen molar-refractivity contribution in [2.24, 2.45) is 5.73 Å². The summed E-state index contributed by atoms with van der Waals surface area (Å²) in [5.74, 6) is 0. The molecule has 0 atom stereocenters. The van der Waals surface area contributed by atoms with Gasteiger partial charge in [0.1, 0.15) is 0 Å². The first-order chi connectivity index (χ1) is 7.97. The lowest BCUT2D eigenvalue weighted by molar-refractivity contribution is 0.958. The molecule has 0 saturated heterocycles. The first-order valence-corrected chi connectivity index (χ1v) is 6.23. The summed E-state index contributed by atoms with van der Waals surface area (Å²) in [6, 6.07) is 0. The van der Waals surface area contributed by atoms with Gasteiger partial charge in [0.2, 0.25) is 0 Å². The Morgan fingerprint density at radius 1 is 1.12 bits per heavy atom. The quantitative estimate of drug-likeness (QED) is 0.670. The van der Waals surface area contributed by atoms with Crippen molar-refractivity contribution < 1.29 is 0 Å². The van der Waals surface area contributed by atoms with E-state index >= 15 is 0 Å². The minimum absolute atomic E-state index is 0.473. The molecule has 0 aliphatic heterocycles. The lowest BCUT2D eigenvalue weighted by atomic mass is 10.2. The van der Waals surface area contributed by atoms with Crippen LogP contribution in [0.15, 0.2) is 57.8 Å². The Morgan fingerprint density at radius 2 is 1.76 bits per heavy atom. The highest BCUT2D eigenvalue weighted by molar-refractivity contribution is 6.43. The van der Waals surface area contributed by atoms with Gasteiger partial charge in [0, 0.05) is 10.7 Å². The SMILES string of the molecule is C=C/C=C(Cl)\C(Cl)=C/CC/C(N)=C/C=C(\C)Cl. The molecule has 4 heteroatoms. The molecule has 0 spiro atoms. The number of rotatable bonds is 6. The molecule has 0 saturated carbocycles. The molecule has 0 aromatic rings. The van der Waals surface area contributed by atoms with Crippen LogP contribution in [0.4, 0.5) is 0 Å². The highest BCUT2D eigenvalue weighted by atomic mass is 35.5. The Hall–Kier alpha value is -0.630. The van der Waals surface area contributed by atoms with E-state index in [9.17, 15) is 0 Å². The molecular formula is C13H16Cl3N. The third-order valence-corrected chi connectivity index (χ3v) is 2.69. The fourth-order valence-electron chi connectivity index (χ4n) is 0.951. The molecule has 0 rings (SSSR count). The highest BCUT2D eigenvalue weighted by Crippen LogP contribution is 2.20. The van der Waals surface area contributed by atoms with Crippen molar-refractivity contribution in [1.82, 2.24) is 0 Å². The lowest BCUT2D eigenvalue weighted by Crippen LogP contribution is -1.95. The molecule has 0 aliphatic rings. The van der Waals surface area contributed by atoms with Crippen LogP contribution in [0, 0.1) is 0 Å². The summed E-state index contributed by atoms with van der Waals surface area (Å²) in [5, 5.41) is 1.67. The third-order valence-electron chi connectivity index (χ3n) is 1.78. The van der Waals surface area contributed by atoms with Gasteiger partial charge in [0.15, 0.2) is 0 Å². The molecule has 0 aliphatic carbocycles. The molecule has 0 heterocycles. The summed E-state index contributed by atoms with van der Waals surface area (Å²) < 4.78 is 0. The van der Waals surface area contributed by atoms with Gasteiger partial charge in [-0.05, 0) is 38.0 Å². The molecule has 0 fully saturated rings. The zero-order valence-electron chi connectivity index (χ0n) is 9.72. The van der Waals surface area contributed by atoms with Crippen LogP contribution in [0.5, 0.6) is 0 Å². The first kappa shape index (κ1) is 16.4. The molecule has 0 aromatic carbocycles. The van der Waals surface area contributed by atoms with Gasteiger partial charge >= 0.3 is 0 Å². The van der Waals surface area contributed by atoms with E-state index in [0.29, 0.717) is 21.5 Å². The average molecular weight is 293 g/mol. The van der Waals surface area contributed by atoms with Crippen LogP contribution in [0.3, 0.4) is 0 Å². The molecule has 17 heavy (non-hydrogen) atoms.